The molecule has 2 aromatic carbocycles. The van der Waals surface area contributed by atoms with Gasteiger partial charge in [-0.1, -0.05) is 18.5 Å². The van der Waals surface area contributed by atoms with Gasteiger partial charge in [-0.3, -0.25) is 9.36 Å². The van der Waals surface area contributed by atoms with E-state index >= 15 is 0 Å². The fourth-order valence-corrected chi connectivity index (χ4v) is 5.50. The number of rotatable bonds is 5. The van der Waals surface area contributed by atoms with Crippen molar-refractivity contribution in [2.24, 2.45) is 5.73 Å². The molecule has 3 rings (SSSR count). The van der Waals surface area contributed by atoms with Gasteiger partial charge in [0.05, 0.1) is 16.9 Å². The lowest BCUT2D eigenvalue weighted by atomic mass is 10.1. The minimum atomic E-state index is -3.74. The molecule has 138 valence electrons. The smallest absolute Gasteiger partial charge is 0.266 e. The second-order valence-corrected chi connectivity index (χ2v) is 8.86. The minimum absolute atomic E-state index is 0.00198. The predicted molar refractivity (Wildman–Crippen MR) is 106 cm³/mol. The lowest BCUT2D eigenvalue weighted by molar-refractivity contribution is 0.0997. The molecule has 1 heterocycles. The van der Waals surface area contributed by atoms with Gasteiger partial charge >= 0.3 is 0 Å². The van der Waals surface area contributed by atoms with Crippen LogP contribution in [0.1, 0.15) is 28.5 Å². The maximum atomic E-state index is 14.0. The average Bonchev–Trinajstić information content (AvgIpc) is 3.06. The highest BCUT2D eigenvalue weighted by atomic mass is 35.5. The van der Waals surface area contributed by atoms with E-state index in [0.717, 1.165) is 5.56 Å². The number of fused-ring (bicyclic) bond motifs is 1. The number of carbonyl (C=O) groups is 1. The van der Waals surface area contributed by atoms with Gasteiger partial charge in [0.2, 0.25) is 0 Å². The van der Waals surface area contributed by atoms with E-state index in [-0.39, 0.29) is 11.0 Å². The lowest BCUT2D eigenvalue weighted by Crippen LogP contribution is -2.26. The van der Waals surface area contributed by atoms with Crippen LogP contribution in [0.5, 0.6) is 0 Å². The number of nitriles is 1. The van der Waals surface area contributed by atoms with Crippen molar-refractivity contribution < 1.29 is 13.9 Å². The van der Waals surface area contributed by atoms with E-state index < -0.39 is 13.3 Å². The zero-order chi connectivity index (χ0) is 19.8. The zero-order valence-electron chi connectivity index (χ0n) is 14.7. The summed E-state index contributed by atoms with van der Waals surface area (Å²) in [6, 6.07) is 12.0. The Morgan fingerprint density at radius 2 is 2.07 bits per heavy atom. The molecule has 0 saturated carbocycles. The number of halogens is 1. The van der Waals surface area contributed by atoms with Crippen LogP contribution >= 0.6 is 19.0 Å². The molecule has 0 aliphatic heterocycles. The van der Waals surface area contributed by atoms with Crippen molar-refractivity contribution in [3.63, 3.8) is 0 Å². The van der Waals surface area contributed by atoms with E-state index in [0.29, 0.717) is 33.2 Å². The van der Waals surface area contributed by atoms with Crippen LogP contribution in [-0.4, -0.2) is 18.0 Å². The first kappa shape index (κ1) is 19.2. The van der Waals surface area contributed by atoms with Crippen LogP contribution in [0.25, 0.3) is 10.9 Å². The zero-order valence-corrected chi connectivity index (χ0v) is 16.4. The highest BCUT2D eigenvalue weighted by Crippen LogP contribution is 2.47. The minimum Gasteiger partial charge on any atom is -0.364 e. The number of nitrogens with zero attached hydrogens (tertiary/aromatic N) is 1. The van der Waals surface area contributed by atoms with Crippen LogP contribution in [0.15, 0.2) is 36.4 Å². The van der Waals surface area contributed by atoms with Gasteiger partial charge < -0.3 is 15.2 Å². The Balaban J connectivity index is 2.41. The van der Waals surface area contributed by atoms with Gasteiger partial charge in [-0.25, -0.2) is 0 Å². The number of benzene rings is 2. The molecule has 0 saturated heterocycles. The van der Waals surface area contributed by atoms with E-state index in [1.165, 1.54) is 13.2 Å². The SMILES string of the molecule is CCc1cc(C#N)cc([P@@](=O)(OC)c2c(C(N)=O)[nH]c3ccc(Cl)cc23)c1. The second kappa shape index (κ2) is 7.21. The number of primary amides is 1. The third-order valence-electron chi connectivity index (χ3n) is 4.39. The molecule has 0 unspecified atom stereocenters. The molecule has 27 heavy (non-hydrogen) atoms. The summed E-state index contributed by atoms with van der Waals surface area (Å²) < 4.78 is 19.5. The van der Waals surface area contributed by atoms with Crippen LogP contribution in [0, 0.1) is 11.3 Å². The van der Waals surface area contributed by atoms with Gasteiger partial charge in [-0.15, -0.1) is 0 Å². The Hall–Kier alpha value is -2.58. The fourth-order valence-electron chi connectivity index (χ4n) is 3.07. The van der Waals surface area contributed by atoms with Crippen molar-refractivity contribution in [1.82, 2.24) is 4.98 Å². The average molecular weight is 402 g/mol. The van der Waals surface area contributed by atoms with E-state index in [4.69, 9.17) is 21.9 Å². The summed E-state index contributed by atoms with van der Waals surface area (Å²) in [7, 11) is -2.43. The van der Waals surface area contributed by atoms with E-state index in [2.05, 4.69) is 11.1 Å². The molecule has 6 nitrogen and oxygen atoms in total. The Labute approximate surface area is 161 Å². The molecule has 0 fully saturated rings. The number of aromatic amines is 1. The number of nitrogens with one attached hydrogen (secondary N) is 1. The third kappa shape index (κ3) is 3.26. The molecule has 0 radical (unpaired) electrons. The Morgan fingerprint density at radius 1 is 1.33 bits per heavy atom. The van der Waals surface area contributed by atoms with Gasteiger partial charge in [0.25, 0.3) is 13.3 Å². The summed E-state index contributed by atoms with van der Waals surface area (Å²) in [5, 5.41) is 10.7. The number of H-pyrrole nitrogens is 1. The summed E-state index contributed by atoms with van der Waals surface area (Å²) in [6.07, 6.45) is 0.647. The summed E-state index contributed by atoms with van der Waals surface area (Å²) in [4.78, 5) is 15.0. The molecule has 0 aliphatic carbocycles. The number of carbonyl (C=O) groups excluding carboxylic acids is 1. The van der Waals surface area contributed by atoms with Crippen LogP contribution in [0.2, 0.25) is 5.02 Å². The summed E-state index contributed by atoms with van der Waals surface area (Å²) in [5.74, 6) is -0.762. The van der Waals surface area contributed by atoms with Crippen LogP contribution in [0.4, 0.5) is 0 Å². The van der Waals surface area contributed by atoms with Crippen LogP contribution in [-0.2, 0) is 15.5 Å². The highest BCUT2D eigenvalue weighted by Gasteiger charge is 2.36. The molecule has 1 amide bonds. The molecule has 1 aromatic heterocycles. The highest BCUT2D eigenvalue weighted by molar-refractivity contribution is 7.75. The number of aromatic nitrogens is 1. The molecule has 1 atom stereocenters. The first-order valence-corrected chi connectivity index (χ1v) is 10.2. The van der Waals surface area contributed by atoms with E-state index in [1.807, 2.05) is 6.92 Å². The quantitative estimate of drug-likeness (QED) is 0.639. The van der Waals surface area contributed by atoms with Gasteiger partial charge in [0.15, 0.2) is 0 Å². The second-order valence-electron chi connectivity index (χ2n) is 5.99. The normalized spacial score (nSPS) is 13.3. The number of aryl methyl sites for hydroxylation is 1. The largest absolute Gasteiger partial charge is 0.364 e. The number of nitrogens with two attached hydrogens (primary N) is 1. The summed E-state index contributed by atoms with van der Waals surface area (Å²) in [6.45, 7) is 1.93. The van der Waals surface area contributed by atoms with Gasteiger partial charge in [-0.05, 0) is 48.4 Å². The Morgan fingerprint density at radius 3 is 2.67 bits per heavy atom. The van der Waals surface area contributed by atoms with Crippen molar-refractivity contribution in [2.45, 2.75) is 13.3 Å². The van der Waals surface area contributed by atoms with Crippen molar-refractivity contribution >= 4 is 46.4 Å². The van der Waals surface area contributed by atoms with Crippen molar-refractivity contribution in [2.75, 3.05) is 7.11 Å². The molecular weight excluding hydrogens is 385 g/mol. The van der Waals surface area contributed by atoms with Gasteiger partial charge in [0.1, 0.15) is 5.69 Å². The first-order valence-electron chi connectivity index (χ1n) is 8.16. The molecule has 8 heteroatoms. The van der Waals surface area contributed by atoms with Gasteiger partial charge in [0, 0.05) is 28.3 Å². The van der Waals surface area contributed by atoms with Crippen molar-refractivity contribution in [1.29, 1.82) is 5.26 Å². The summed E-state index contributed by atoms with van der Waals surface area (Å²) >= 11 is 6.11. The lowest BCUT2D eigenvalue weighted by Gasteiger charge is -2.18. The van der Waals surface area contributed by atoms with Gasteiger partial charge in [-0.2, -0.15) is 5.26 Å². The molecule has 3 aromatic rings. The van der Waals surface area contributed by atoms with E-state index in [9.17, 15) is 14.6 Å². The summed E-state index contributed by atoms with van der Waals surface area (Å²) in [5.41, 5.74) is 7.28. The standard InChI is InChI=1S/C19H17ClN3O3P/c1-3-11-6-12(10-21)8-14(7-11)27(25,26-2)18-15-9-13(20)4-5-16(15)23-17(18)19(22)24/h4-9,23H,3H2,1-2H3,(H2,22,24)/t27-/m1/s1. The number of hydrogen-bond donors (Lipinski definition) is 2. The molecular formula is C19H17ClN3O3P. The Bertz CT molecular complexity index is 1150. The van der Waals surface area contributed by atoms with E-state index in [1.54, 1.807) is 30.3 Å². The number of hydrogen-bond acceptors (Lipinski definition) is 4. The van der Waals surface area contributed by atoms with Crippen molar-refractivity contribution in [3.05, 3.63) is 58.2 Å². The number of amides is 1. The van der Waals surface area contributed by atoms with Crippen LogP contribution < -0.4 is 16.3 Å². The Kier molecular flexibility index (Phi) is 5.12. The first-order chi connectivity index (χ1) is 12.8. The fraction of sp³-hybridized carbons (Fsp3) is 0.158. The van der Waals surface area contributed by atoms with Crippen molar-refractivity contribution in [3.8, 4) is 6.07 Å². The molecule has 0 spiro atoms. The maximum Gasteiger partial charge on any atom is 0.266 e. The molecule has 3 N–H and O–H groups in total. The monoisotopic (exact) mass is 401 g/mol. The topological polar surface area (TPSA) is 109 Å². The predicted octanol–water partition coefficient (Wildman–Crippen LogP) is 3.23. The molecule has 0 bridgehead atoms. The third-order valence-corrected chi connectivity index (χ3v) is 7.13. The maximum absolute atomic E-state index is 14.0. The molecule has 0 aliphatic rings. The van der Waals surface area contributed by atoms with Crippen LogP contribution in [0.3, 0.4) is 0 Å².